The van der Waals surface area contributed by atoms with Crippen molar-refractivity contribution in [3.05, 3.63) is 42.1 Å². The van der Waals surface area contributed by atoms with Crippen LogP contribution in [0, 0.1) is 11.8 Å². The molecule has 1 aliphatic rings. The van der Waals surface area contributed by atoms with Gasteiger partial charge in [0.15, 0.2) is 0 Å². The fraction of sp³-hybridized carbons (Fsp3) is 0.273. The van der Waals surface area contributed by atoms with E-state index in [0.29, 0.717) is 6.54 Å². The number of amides is 1. The van der Waals surface area contributed by atoms with Crippen molar-refractivity contribution >= 4 is 11.6 Å². The smallest absolute Gasteiger partial charge is 0.313 e. The van der Waals surface area contributed by atoms with Crippen molar-refractivity contribution in [2.75, 3.05) is 11.7 Å². The molecule has 0 spiro atoms. The highest BCUT2D eigenvalue weighted by Crippen LogP contribution is 2.15. The SMILES string of the molecule is CCCN1C(=O)[CH][NH+]([O-])N1c1ccccc1. The number of quaternary nitrogens is 1. The molecule has 1 heterocycles. The van der Waals surface area contributed by atoms with Gasteiger partial charge in [-0.1, -0.05) is 25.1 Å². The highest BCUT2D eigenvalue weighted by atomic mass is 16.6. The molecule has 0 bridgehead atoms. The molecule has 1 unspecified atom stereocenters. The number of rotatable bonds is 3. The van der Waals surface area contributed by atoms with Gasteiger partial charge in [-0.15, -0.1) is 5.12 Å². The van der Waals surface area contributed by atoms with Crippen LogP contribution in [-0.4, -0.2) is 17.5 Å². The van der Waals surface area contributed by atoms with E-state index in [1.54, 1.807) is 0 Å². The summed E-state index contributed by atoms with van der Waals surface area (Å²) in [5.74, 6) is -0.240. The Morgan fingerprint density at radius 1 is 1.31 bits per heavy atom. The van der Waals surface area contributed by atoms with Crippen LogP contribution in [0.5, 0.6) is 0 Å². The van der Waals surface area contributed by atoms with Gasteiger partial charge < -0.3 is 5.21 Å². The van der Waals surface area contributed by atoms with Crippen LogP contribution < -0.4 is 10.3 Å². The van der Waals surface area contributed by atoms with Crippen LogP contribution in [0.4, 0.5) is 5.69 Å². The number of benzene rings is 1. The van der Waals surface area contributed by atoms with E-state index in [0.717, 1.165) is 18.7 Å². The number of nitrogens with zero attached hydrogens (tertiary/aromatic N) is 2. The summed E-state index contributed by atoms with van der Waals surface area (Å²) in [7, 11) is 0. The molecule has 1 aromatic carbocycles. The van der Waals surface area contributed by atoms with Crippen molar-refractivity contribution in [1.29, 1.82) is 0 Å². The van der Waals surface area contributed by atoms with E-state index in [1.807, 2.05) is 37.3 Å². The topological polar surface area (TPSA) is 51.1 Å². The summed E-state index contributed by atoms with van der Waals surface area (Å²) < 4.78 is 0. The van der Waals surface area contributed by atoms with Crippen LogP contribution in [0.15, 0.2) is 30.3 Å². The zero-order valence-electron chi connectivity index (χ0n) is 9.09. The predicted molar refractivity (Wildman–Crippen MR) is 59.6 cm³/mol. The lowest BCUT2D eigenvalue weighted by Crippen LogP contribution is -3.11. The average Bonchev–Trinajstić information content (AvgIpc) is 2.56. The second kappa shape index (κ2) is 4.51. The number of hydrazine groups is 1. The maximum Gasteiger partial charge on any atom is 0.313 e. The molecule has 1 amide bonds. The number of hydrogen-bond donors (Lipinski definition) is 1. The molecule has 5 nitrogen and oxygen atoms in total. The van der Waals surface area contributed by atoms with E-state index in [4.69, 9.17) is 0 Å². The van der Waals surface area contributed by atoms with Gasteiger partial charge >= 0.3 is 5.91 Å². The Bertz CT molecular complexity index is 369. The van der Waals surface area contributed by atoms with E-state index in [9.17, 15) is 10.0 Å². The number of anilines is 1. The van der Waals surface area contributed by atoms with Gasteiger partial charge in [-0.3, -0.25) is 4.79 Å². The van der Waals surface area contributed by atoms with E-state index < -0.39 is 0 Å². The Morgan fingerprint density at radius 3 is 2.62 bits per heavy atom. The molecule has 1 N–H and O–H groups in total. The third-order valence-corrected chi connectivity index (χ3v) is 2.39. The third-order valence-electron chi connectivity index (χ3n) is 2.39. The minimum atomic E-state index is -0.273. The Balaban J connectivity index is 2.27. The number of para-hydroxylation sites is 1. The van der Waals surface area contributed by atoms with Crippen LogP contribution >= 0.6 is 0 Å². The molecule has 1 aromatic rings. The molecule has 0 saturated carbocycles. The van der Waals surface area contributed by atoms with Gasteiger partial charge in [0, 0.05) is 6.54 Å². The average molecular weight is 220 g/mol. The van der Waals surface area contributed by atoms with E-state index >= 15 is 0 Å². The van der Waals surface area contributed by atoms with Crippen molar-refractivity contribution in [2.45, 2.75) is 13.3 Å². The van der Waals surface area contributed by atoms with E-state index in [2.05, 4.69) is 0 Å². The second-order valence-corrected chi connectivity index (χ2v) is 3.59. The summed E-state index contributed by atoms with van der Waals surface area (Å²) in [6, 6.07) is 9.19. The number of nitrogens with one attached hydrogen (secondary N) is 1. The Labute approximate surface area is 94.4 Å². The van der Waals surface area contributed by atoms with Gasteiger partial charge in [-0.05, 0) is 18.6 Å². The summed E-state index contributed by atoms with van der Waals surface area (Å²) in [6.07, 6.45) is 0.816. The molecule has 85 valence electrons. The molecule has 1 aliphatic heterocycles. The quantitative estimate of drug-likeness (QED) is 0.736. The highest BCUT2D eigenvalue weighted by Gasteiger charge is 2.36. The predicted octanol–water partition coefficient (Wildman–Crippen LogP) is 0.120. The van der Waals surface area contributed by atoms with Gasteiger partial charge in [0.1, 0.15) is 5.69 Å². The molecule has 0 aromatic heterocycles. The number of carbonyl (C=O) groups is 1. The first-order valence-electron chi connectivity index (χ1n) is 5.29. The molecule has 5 heteroatoms. The zero-order valence-corrected chi connectivity index (χ0v) is 9.09. The fourth-order valence-corrected chi connectivity index (χ4v) is 1.72. The zero-order chi connectivity index (χ0) is 11.5. The van der Waals surface area contributed by atoms with Gasteiger partial charge in [-0.2, -0.15) is 0 Å². The standard InChI is InChI=1S/C11H14N3O2/c1-2-8-12-11(15)9-13(16)14(12)10-6-4-3-5-7-10/h3-7,9,13H,2,8H2,1H3. The van der Waals surface area contributed by atoms with E-state index in [1.165, 1.54) is 10.1 Å². The van der Waals surface area contributed by atoms with Crippen molar-refractivity contribution < 1.29 is 9.97 Å². The number of hydrogen-bond acceptors (Lipinski definition) is 3. The van der Waals surface area contributed by atoms with Crippen molar-refractivity contribution in [2.24, 2.45) is 0 Å². The lowest BCUT2D eigenvalue weighted by atomic mass is 10.3. The Kier molecular flexibility index (Phi) is 3.07. The second-order valence-electron chi connectivity index (χ2n) is 3.59. The van der Waals surface area contributed by atoms with Crippen molar-refractivity contribution in [3.63, 3.8) is 0 Å². The first-order chi connectivity index (χ1) is 7.74. The molecule has 2 rings (SSSR count). The summed E-state index contributed by atoms with van der Waals surface area (Å²) in [4.78, 5) is 11.6. The molecule has 1 atom stereocenters. The lowest BCUT2D eigenvalue weighted by molar-refractivity contribution is -0.821. The van der Waals surface area contributed by atoms with Crippen LogP contribution in [0.2, 0.25) is 0 Å². The molecule has 1 fully saturated rings. The first kappa shape index (κ1) is 10.9. The van der Waals surface area contributed by atoms with Crippen LogP contribution in [0.1, 0.15) is 13.3 Å². The molecule has 0 aliphatic carbocycles. The van der Waals surface area contributed by atoms with Gasteiger partial charge in [0.2, 0.25) is 0 Å². The first-order valence-corrected chi connectivity index (χ1v) is 5.29. The monoisotopic (exact) mass is 220 g/mol. The summed E-state index contributed by atoms with van der Waals surface area (Å²) >= 11 is 0. The van der Waals surface area contributed by atoms with Crippen molar-refractivity contribution in [3.8, 4) is 0 Å². The van der Waals surface area contributed by atoms with Crippen LogP contribution in [-0.2, 0) is 4.79 Å². The minimum Gasteiger partial charge on any atom is -0.605 e. The summed E-state index contributed by atoms with van der Waals surface area (Å²) in [6.45, 7) is 3.65. The third kappa shape index (κ3) is 1.87. The molecule has 16 heavy (non-hydrogen) atoms. The van der Waals surface area contributed by atoms with Crippen LogP contribution in [0.3, 0.4) is 0 Å². The van der Waals surface area contributed by atoms with Gasteiger partial charge in [0.25, 0.3) is 6.54 Å². The van der Waals surface area contributed by atoms with Crippen LogP contribution in [0.25, 0.3) is 0 Å². The maximum atomic E-state index is 11.7. The Hall–Kier alpha value is -1.59. The van der Waals surface area contributed by atoms with E-state index in [-0.39, 0.29) is 11.1 Å². The van der Waals surface area contributed by atoms with Gasteiger partial charge in [-0.25, -0.2) is 10.2 Å². The fourth-order valence-electron chi connectivity index (χ4n) is 1.72. The molecular formula is C11H14N3O2. The number of carbonyl (C=O) groups excluding carboxylic acids is 1. The normalized spacial score (nSPS) is 20.6. The maximum absolute atomic E-state index is 11.7. The minimum absolute atomic E-state index is 0.240. The molecular weight excluding hydrogens is 206 g/mol. The largest absolute Gasteiger partial charge is 0.605 e. The van der Waals surface area contributed by atoms with Gasteiger partial charge in [0.05, 0.1) is 0 Å². The Morgan fingerprint density at radius 2 is 2.00 bits per heavy atom. The van der Waals surface area contributed by atoms with Crippen molar-refractivity contribution in [1.82, 2.24) is 5.01 Å². The lowest BCUT2D eigenvalue weighted by Gasteiger charge is -2.31. The summed E-state index contributed by atoms with van der Waals surface area (Å²) in [5, 5.41) is 14.3. The molecule has 1 radical (unpaired) electrons. The summed E-state index contributed by atoms with van der Waals surface area (Å²) in [5.41, 5.74) is 0.725. The molecule has 1 saturated heterocycles. The highest BCUT2D eigenvalue weighted by molar-refractivity contribution is 5.85. The number of hydroxylamine groups is 1.